The van der Waals surface area contributed by atoms with Crippen LogP contribution in [0.2, 0.25) is 0 Å². The molecule has 14 heavy (non-hydrogen) atoms. The van der Waals surface area contributed by atoms with E-state index in [0.29, 0.717) is 0 Å². The second kappa shape index (κ2) is 4.33. The minimum atomic E-state index is -0.425. The standard InChI is InChI=1S/C11H15BrOS/c12-9-4-7-14-10(9)8-11(13)5-2-1-3-6-11/h4,7,13H,1-3,5-6,8H2. The van der Waals surface area contributed by atoms with Crippen LogP contribution in [0.15, 0.2) is 15.9 Å². The molecule has 1 aromatic heterocycles. The first-order valence-electron chi connectivity index (χ1n) is 5.14. The first-order valence-corrected chi connectivity index (χ1v) is 6.81. The van der Waals surface area contributed by atoms with Crippen LogP contribution < -0.4 is 0 Å². The van der Waals surface area contributed by atoms with E-state index in [2.05, 4.69) is 27.4 Å². The van der Waals surface area contributed by atoms with Crippen LogP contribution in [-0.4, -0.2) is 10.7 Å². The van der Waals surface area contributed by atoms with Crippen molar-refractivity contribution in [2.24, 2.45) is 0 Å². The Balaban J connectivity index is 2.05. The lowest BCUT2D eigenvalue weighted by Gasteiger charge is -2.31. The fraction of sp³-hybridized carbons (Fsp3) is 0.636. The monoisotopic (exact) mass is 274 g/mol. The van der Waals surface area contributed by atoms with Crippen LogP contribution in [0.4, 0.5) is 0 Å². The van der Waals surface area contributed by atoms with Crippen LogP contribution in [0.5, 0.6) is 0 Å². The van der Waals surface area contributed by atoms with Crippen molar-refractivity contribution >= 4 is 27.3 Å². The van der Waals surface area contributed by atoms with Crippen LogP contribution in [0.25, 0.3) is 0 Å². The highest BCUT2D eigenvalue weighted by atomic mass is 79.9. The molecule has 0 spiro atoms. The van der Waals surface area contributed by atoms with Crippen LogP contribution in [-0.2, 0) is 6.42 Å². The highest BCUT2D eigenvalue weighted by Crippen LogP contribution is 2.34. The third kappa shape index (κ3) is 2.38. The molecule has 1 aliphatic carbocycles. The van der Waals surface area contributed by atoms with E-state index in [0.717, 1.165) is 23.7 Å². The zero-order valence-corrected chi connectivity index (χ0v) is 10.5. The number of thiophene rings is 1. The van der Waals surface area contributed by atoms with Gasteiger partial charge in [-0.05, 0) is 40.2 Å². The van der Waals surface area contributed by atoms with Crippen molar-refractivity contribution < 1.29 is 5.11 Å². The average molecular weight is 275 g/mol. The van der Waals surface area contributed by atoms with Crippen molar-refractivity contribution in [2.75, 3.05) is 0 Å². The third-order valence-electron chi connectivity index (χ3n) is 2.96. The van der Waals surface area contributed by atoms with Gasteiger partial charge in [0.1, 0.15) is 0 Å². The van der Waals surface area contributed by atoms with Gasteiger partial charge in [0.05, 0.1) is 5.60 Å². The summed E-state index contributed by atoms with van der Waals surface area (Å²) in [6, 6.07) is 2.06. The van der Waals surface area contributed by atoms with Gasteiger partial charge < -0.3 is 5.11 Å². The van der Waals surface area contributed by atoms with E-state index in [1.807, 2.05) is 0 Å². The molecule has 0 aromatic carbocycles. The lowest BCUT2D eigenvalue weighted by Crippen LogP contribution is -2.33. The second-order valence-electron chi connectivity index (χ2n) is 4.15. The Labute approximate surface area is 97.3 Å². The van der Waals surface area contributed by atoms with Crippen molar-refractivity contribution in [3.05, 3.63) is 20.8 Å². The summed E-state index contributed by atoms with van der Waals surface area (Å²) in [6.07, 6.45) is 6.41. The number of rotatable bonds is 2. The Morgan fingerprint density at radius 1 is 1.36 bits per heavy atom. The predicted molar refractivity (Wildman–Crippen MR) is 63.8 cm³/mol. The smallest absolute Gasteiger partial charge is 0.0696 e. The Kier molecular flexibility index (Phi) is 3.30. The van der Waals surface area contributed by atoms with E-state index < -0.39 is 5.60 Å². The summed E-state index contributed by atoms with van der Waals surface area (Å²) in [5.74, 6) is 0. The molecule has 1 saturated carbocycles. The van der Waals surface area contributed by atoms with Gasteiger partial charge in [0.2, 0.25) is 0 Å². The van der Waals surface area contributed by atoms with Gasteiger partial charge in [0.15, 0.2) is 0 Å². The molecular weight excluding hydrogens is 260 g/mol. The molecule has 78 valence electrons. The normalized spacial score (nSPS) is 21.0. The fourth-order valence-corrected chi connectivity index (χ4v) is 3.77. The number of hydrogen-bond acceptors (Lipinski definition) is 2. The SMILES string of the molecule is OC1(Cc2sccc2Br)CCCCC1. The fourth-order valence-electron chi connectivity index (χ4n) is 2.14. The summed E-state index contributed by atoms with van der Waals surface area (Å²) in [6.45, 7) is 0. The third-order valence-corrected chi connectivity index (χ3v) is 4.89. The van der Waals surface area contributed by atoms with E-state index in [9.17, 15) is 5.11 Å². The molecular formula is C11H15BrOS. The molecule has 0 aliphatic heterocycles. The van der Waals surface area contributed by atoms with Gasteiger partial charge in [-0.25, -0.2) is 0 Å². The molecule has 0 saturated heterocycles. The van der Waals surface area contributed by atoms with Crippen molar-refractivity contribution in [1.29, 1.82) is 0 Å². The molecule has 1 heterocycles. The number of hydrogen-bond donors (Lipinski definition) is 1. The van der Waals surface area contributed by atoms with Gasteiger partial charge in [-0.15, -0.1) is 11.3 Å². The van der Waals surface area contributed by atoms with Crippen molar-refractivity contribution in [2.45, 2.75) is 44.1 Å². The highest BCUT2D eigenvalue weighted by Gasteiger charge is 2.30. The number of halogens is 1. The maximum absolute atomic E-state index is 10.4. The molecule has 1 nitrogen and oxygen atoms in total. The minimum Gasteiger partial charge on any atom is -0.390 e. The van der Waals surface area contributed by atoms with E-state index in [1.165, 1.54) is 24.1 Å². The van der Waals surface area contributed by atoms with E-state index in [4.69, 9.17) is 0 Å². The maximum Gasteiger partial charge on any atom is 0.0696 e. The summed E-state index contributed by atoms with van der Waals surface area (Å²) < 4.78 is 1.15. The van der Waals surface area contributed by atoms with Crippen LogP contribution in [0.1, 0.15) is 37.0 Å². The summed E-state index contributed by atoms with van der Waals surface area (Å²) in [7, 11) is 0. The van der Waals surface area contributed by atoms with E-state index in [1.54, 1.807) is 11.3 Å². The second-order valence-corrected chi connectivity index (χ2v) is 6.01. The molecule has 1 N–H and O–H groups in total. The van der Waals surface area contributed by atoms with Gasteiger partial charge in [0, 0.05) is 15.8 Å². The first kappa shape index (κ1) is 10.7. The van der Waals surface area contributed by atoms with Crippen LogP contribution in [0.3, 0.4) is 0 Å². The molecule has 0 radical (unpaired) electrons. The van der Waals surface area contributed by atoms with Gasteiger partial charge in [-0.2, -0.15) is 0 Å². The van der Waals surface area contributed by atoms with Crippen molar-refractivity contribution in [3.8, 4) is 0 Å². The van der Waals surface area contributed by atoms with Crippen molar-refractivity contribution in [3.63, 3.8) is 0 Å². The Hall–Kier alpha value is 0.140. The minimum absolute atomic E-state index is 0.425. The first-order chi connectivity index (χ1) is 6.70. The average Bonchev–Trinajstić information content (AvgIpc) is 2.52. The molecule has 2 rings (SSSR count). The maximum atomic E-state index is 10.4. The van der Waals surface area contributed by atoms with Crippen molar-refractivity contribution in [1.82, 2.24) is 0 Å². The van der Waals surface area contributed by atoms with Gasteiger partial charge >= 0.3 is 0 Å². The Morgan fingerprint density at radius 2 is 2.07 bits per heavy atom. The lowest BCUT2D eigenvalue weighted by molar-refractivity contribution is 0.00506. The van der Waals surface area contributed by atoms with Gasteiger partial charge in [-0.3, -0.25) is 0 Å². The quantitative estimate of drug-likeness (QED) is 0.871. The highest BCUT2D eigenvalue weighted by molar-refractivity contribution is 9.10. The molecule has 0 amide bonds. The summed E-state index contributed by atoms with van der Waals surface area (Å²) in [5, 5.41) is 12.4. The van der Waals surface area contributed by atoms with E-state index >= 15 is 0 Å². The summed E-state index contributed by atoms with van der Waals surface area (Å²) >= 11 is 5.25. The number of aliphatic hydroxyl groups is 1. The molecule has 1 aliphatic rings. The Morgan fingerprint density at radius 3 is 2.64 bits per heavy atom. The summed E-state index contributed by atoms with van der Waals surface area (Å²) in [5.41, 5.74) is -0.425. The zero-order valence-electron chi connectivity index (χ0n) is 8.13. The molecule has 0 bridgehead atoms. The van der Waals surface area contributed by atoms with Gasteiger partial charge in [0.25, 0.3) is 0 Å². The van der Waals surface area contributed by atoms with Crippen LogP contribution in [0, 0.1) is 0 Å². The lowest BCUT2D eigenvalue weighted by atomic mass is 9.82. The van der Waals surface area contributed by atoms with Crippen LogP contribution >= 0.6 is 27.3 Å². The van der Waals surface area contributed by atoms with Gasteiger partial charge in [-0.1, -0.05) is 19.3 Å². The Bertz CT molecular complexity index is 302. The molecule has 1 aromatic rings. The molecule has 0 unspecified atom stereocenters. The molecule has 1 fully saturated rings. The molecule has 3 heteroatoms. The topological polar surface area (TPSA) is 20.2 Å². The predicted octanol–water partition coefficient (Wildman–Crippen LogP) is 3.75. The zero-order chi connectivity index (χ0) is 10.0. The summed E-state index contributed by atoms with van der Waals surface area (Å²) in [4.78, 5) is 1.29. The largest absolute Gasteiger partial charge is 0.390 e. The van der Waals surface area contributed by atoms with E-state index in [-0.39, 0.29) is 0 Å². The molecule has 0 atom stereocenters.